The summed E-state index contributed by atoms with van der Waals surface area (Å²) in [6.45, 7) is 7.08. The van der Waals surface area contributed by atoms with Crippen LogP contribution in [-0.4, -0.2) is 33.3 Å². The number of aromatic nitrogens is 2. The summed E-state index contributed by atoms with van der Waals surface area (Å²) in [5, 5.41) is 10.3. The van der Waals surface area contributed by atoms with Crippen molar-refractivity contribution in [1.29, 1.82) is 0 Å². The van der Waals surface area contributed by atoms with Gasteiger partial charge in [0.2, 0.25) is 0 Å². The van der Waals surface area contributed by atoms with E-state index in [0.717, 1.165) is 12.8 Å². The van der Waals surface area contributed by atoms with Gasteiger partial charge in [0.15, 0.2) is 0 Å². The third-order valence-corrected chi connectivity index (χ3v) is 4.27. The standard InChI is InChI=1S/C14H24N4O3/c1-4-5-6-18-11(15)10(12(19)16-13(18)20)17-7-14(21,8-17)9(2)3/h9,21H,4-8,15H2,1-3H3,(H,16,19,20). The Morgan fingerprint density at radius 1 is 1.38 bits per heavy atom. The van der Waals surface area contributed by atoms with Crippen LogP contribution in [0.3, 0.4) is 0 Å². The summed E-state index contributed by atoms with van der Waals surface area (Å²) in [4.78, 5) is 27.9. The van der Waals surface area contributed by atoms with Gasteiger partial charge in [0.1, 0.15) is 17.1 Å². The molecule has 21 heavy (non-hydrogen) atoms. The predicted molar refractivity (Wildman–Crippen MR) is 82.6 cm³/mol. The Balaban J connectivity index is 2.33. The second kappa shape index (κ2) is 5.55. The van der Waals surface area contributed by atoms with E-state index in [-0.39, 0.29) is 17.4 Å². The number of aromatic amines is 1. The Kier molecular flexibility index (Phi) is 4.13. The molecule has 2 heterocycles. The lowest BCUT2D eigenvalue weighted by molar-refractivity contribution is -0.0301. The van der Waals surface area contributed by atoms with Crippen molar-refractivity contribution < 1.29 is 5.11 Å². The first-order valence-electron chi connectivity index (χ1n) is 7.40. The smallest absolute Gasteiger partial charge is 0.330 e. The van der Waals surface area contributed by atoms with Gasteiger partial charge in [-0.25, -0.2) is 4.79 Å². The van der Waals surface area contributed by atoms with Crippen LogP contribution in [0.25, 0.3) is 0 Å². The van der Waals surface area contributed by atoms with E-state index < -0.39 is 16.9 Å². The Bertz CT molecular complexity index is 626. The van der Waals surface area contributed by atoms with Gasteiger partial charge in [-0.2, -0.15) is 0 Å². The molecular formula is C14H24N4O3. The largest absolute Gasteiger partial charge is 0.386 e. The monoisotopic (exact) mass is 296 g/mol. The van der Waals surface area contributed by atoms with Gasteiger partial charge in [-0.1, -0.05) is 27.2 Å². The predicted octanol–water partition coefficient (Wildman–Crippen LogP) is 0.126. The van der Waals surface area contributed by atoms with E-state index in [1.807, 2.05) is 20.8 Å². The minimum atomic E-state index is -0.802. The molecule has 0 spiro atoms. The normalized spacial score (nSPS) is 17.1. The summed E-state index contributed by atoms with van der Waals surface area (Å²) >= 11 is 0. The van der Waals surface area contributed by atoms with E-state index in [4.69, 9.17) is 5.73 Å². The lowest BCUT2D eigenvalue weighted by atomic mass is 9.83. The van der Waals surface area contributed by atoms with E-state index in [2.05, 4.69) is 4.98 Å². The highest BCUT2D eigenvalue weighted by Gasteiger charge is 2.45. The van der Waals surface area contributed by atoms with Gasteiger partial charge in [0.05, 0.1) is 0 Å². The SMILES string of the molecule is CCCCn1c(N)c(N2CC(O)(C(C)C)C2)c(=O)[nH]c1=O. The molecule has 0 saturated carbocycles. The number of unbranched alkanes of at least 4 members (excludes halogenated alkanes) is 1. The summed E-state index contributed by atoms with van der Waals surface area (Å²) in [6.07, 6.45) is 1.74. The zero-order chi connectivity index (χ0) is 15.8. The number of rotatable bonds is 5. The van der Waals surface area contributed by atoms with Crippen molar-refractivity contribution in [3.63, 3.8) is 0 Å². The fourth-order valence-electron chi connectivity index (χ4n) is 2.56. The topological polar surface area (TPSA) is 104 Å². The number of anilines is 2. The number of nitrogens with zero attached hydrogens (tertiary/aromatic N) is 2. The maximum absolute atomic E-state index is 12.0. The van der Waals surface area contributed by atoms with E-state index in [1.54, 1.807) is 4.90 Å². The zero-order valence-electron chi connectivity index (χ0n) is 12.8. The molecule has 118 valence electrons. The third kappa shape index (κ3) is 2.70. The summed E-state index contributed by atoms with van der Waals surface area (Å²) in [6, 6.07) is 0. The molecule has 0 amide bonds. The minimum absolute atomic E-state index is 0.0973. The number of nitrogens with one attached hydrogen (secondary N) is 1. The molecule has 0 unspecified atom stereocenters. The van der Waals surface area contributed by atoms with Crippen molar-refractivity contribution in [1.82, 2.24) is 9.55 Å². The molecule has 1 aliphatic heterocycles. The Hall–Kier alpha value is -1.76. The van der Waals surface area contributed by atoms with Crippen molar-refractivity contribution in [3.8, 4) is 0 Å². The van der Waals surface area contributed by atoms with Crippen LogP contribution in [0.2, 0.25) is 0 Å². The van der Waals surface area contributed by atoms with Gasteiger partial charge in [-0.05, 0) is 12.3 Å². The molecule has 2 rings (SSSR count). The van der Waals surface area contributed by atoms with E-state index in [1.165, 1.54) is 4.57 Å². The molecule has 0 aromatic carbocycles. The zero-order valence-corrected chi connectivity index (χ0v) is 12.8. The van der Waals surface area contributed by atoms with Crippen molar-refractivity contribution in [2.75, 3.05) is 23.7 Å². The van der Waals surface area contributed by atoms with Crippen LogP contribution < -0.4 is 21.9 Å². The molecule has 0 aliphatic carbocycles. The van der Waals surface area contributed by atoms with Crippen molar-refractivity contribution in [2.45, 2.75) is 45.8 Å². The second-order valence-corrected chi connectivity index (χ2v) is 6.11. The van der Waals surface area contributed by atoms with Gasteiger partial charge in [-0.15, -0.1) is 0 Å². The molecule has 1 fully saturated rings. The van der Waals surface area contributed by atoms with E-state index in [9.17, 15) is 14.7 Å². The summed E-state index contributed by atoms with van der Waals surface area (Å²) in [7, 11) is 0. The fraction of sp³-hybridized carbons (Fsp3) is 0.714. The van der Waals surface area contributed by atoms with Crippen LogP contribution in [0.15, 0.2) is 9.59 Å². The van der Waals surface area contributed by atoms with Crippen LogP contribution in [-0.2, 0) is 6.54 Å². The van der Waals surface area contributed by atoms with Gasteiger partial charge >= 0.3 is 5.69 Å². The second-order valence-electron chi connectivity index (χ2n) is 6.11. The molecule has 1 aliphatic rings. The average molecular weight is 296 g/mol. The highest BCUT2D eigenvalue weighted by Crippen LogP contribution is 2.33. The molecule has 0 radical (unpaired) electrons. The maximum Gasteiger partial charge on any atom is 0.330 e. The third-order valence-electron chi connectivity index (χ3n) is 4.27. The average Bonchev–Trinajstić information content (AvgIpc) is 2.35. The highest BCUT2D eigenvalue weighted by atomic mass is 16.3. The molecule has 0 bridgehead atoms. The Labute approximate surface area is 123 Å². The fourth-order valence-corrected chi connectivity index (χ4v) is 2.56. The summed E-state index contributed by atoms with van der Waals surface area (Å²) in [5.41, 5.74) is 4.54. The first-order valence-corrected chi connectivity index (χ1v) is 7.40. The molecule has 0 atom stereocenters. The molecule has 1 saturated heterocycles. The van der Waals surface area contributed by atoms with Crippen LogP contribution in [0, 0.1) is 5.92 Å². The lowest BCUT2D eigenvalue weighted by Crippen LogP contribution is -2.66. The van der Waals surface area contributed by atoms with Gasteiger partial charge in [-0.3, -0.25) is 14.3 Å². The number of H-pyrrole nitrogens is 1. The van der Waals surface area contributed by atoms with Gasteiger partial charge < -0.3 is 15.7 Å². The molecule has 1 aromatic heterocycles. The van der Waals surface area contributed by atoms with E-state index >= 15 is 0 Å². The van der Waals surface area contributed by atoms with Crippen LogP contribution in [0.1, 0.15) is 33.6 Å². The number of nitrogen functional groups attached to an aromatic ring is 1. The number of nitrogens with two attached hydrogens (primary N) is 1. The number of hydrogen-bond donors (Lipinski definition) is 3. The highest BCUT2D eigenvalue weighted by molar-refractivity contribution is 5.64. The quantitative estimate of drug-likeness (QED) is 0.716. The summed E-state index contributed by atoms with van der Waals surface area (Å²) in [5.74, 6) is 0.281. The van der Waals surface area contributed by atoms with Crippen LogP contribution in [0.4, 0.5) is 11.5 Å². The van der Waals surface area contributed by atoms with Crippen LogP contribution >= 0.6 is 0 Å². The van der Waals surface area contributed by atoms with Crippen molar-refractivity contribution >= 4 is 11.5 Å². The van der Waals surface area contributed by atoms with Crippen molar-refractivity contribution in [2.24, 2.45) is 5.92 Å². The van der Waals surface area contributed by atoms with Crippen molar-refractivity contribution in [3.05, 3.63) is 20.8 Å². The van der Waals surface area contributed by atoms with Gasteiger partial charge in [0, 0.05) is 19.6 Å². The minimum Gasteiger partial charge on any atom is -0.386 e. The molecule has 1 aromatic rings. The number of aliphatic hydroxyl groups is 1. The van der Waals surface area contributed by atoms with Gasteiger partial charge in [0.25, 0.3) is 5.56 Å². The number of hydrogen-bond acceptors (Lipinski definition) is 5. The summed E-state index contributed by atoms with van der Waals surface area (Å²) < 4.78 is 1.40. The molecule has 7 nitrogen and oxygen atoms in total. The number of β-amino-alcohol motifs (C(OH)–C–C–N with tert-alkyl or cyclic N) is 1. The maximum atomic E-state index is 12.0. The van der Waals surface area contributed by atoms with E-state index in [0.29, 0.717) is 19.6 Å². The van der Waals surface area contributed by atoms with Crippen LogP contribution in [0.5, 0.6) is 0 Å². The first kappa shape index (κ1) is 15.6. The first-order chi connectivity index (χ1) is 9.80. The molecule has 7 heteroatoms. The lowest BCUT2D eigenvalue weighted by Gasteiger charge is -2.50. The Morgan fingerprint density at radius 3 is 2.52 bits per heavy atom. The Morgan fingerprint density at radius 2 is 2.00 bits per heavy atom. The molecule has 4 N–H and O–H groups in total. The molecular weight excluding hydrogens is 272 g/mol.